The number of amides is 1. The van der Waals surface area contributed by atoms with E-state index in [1.807, 2.05) is 17.0 Å². The highest BCUT2D eigenvalue weighted by Gasteiger charge is 2.31. The number of hydrogen-bond donors (Lipinski definition) is 2. The summed E-state index contributed by atoms with van der Waals surface area (Å²) in [4.78, 5) is 22.1. The summed E-state index contributed by atoms with van der Waals surface area (Å²) in [7, 11) is 0. The molecule has 0 saturated carbocycles. The molecule has 0 aliphatic carbocycles. The Balaban J connectivity index is 1.27. The molecule has 2 aromatic carbocycles. The number of alkyl halides is 3. The first-order chi connectivity index (χ1) is 15.3. The lowest BCUT2D eigenvalue weighted by Crippen LogP contribution is -2.36. The van der Waals surface area contributed by atoms with Gasteiger partial charge in [-0.15, -0.1) is 0 Å². The molecule has 2 heterocycles. The van der Waals surface area contributed by atoms with Crippen molar-refractivity contribution in [3.63, 3.8) is 0 Å². The number of fused-ring (bicyclic) bond motifs is 1. The van der Waals surface area contributed by atoms with Gasteiger partial charge in [0.2, 0.25) is 5.91 Å². The van der Waals surface area contributed by atoms with Gasteiger partial charge in [0.05, 0.1) is 16.6 Å². The second-order valence-electron chi connectivity index (χ2n) is 8.04. The third kappa shape index (κ3) is 5.42. The number of carbonyl (C=O) groups excluding carboxylic acids is 1. The van der Waals surface area contributed by atoms with Crippen LogP contribution >= 0.6 is 11.6 Å². The van der Waals surface area contributed by atoms with Crippen molar-refractivity contribution in [3.05, 3.63) is 64.4 Å². The molecule has 1 saturated heterocycles. The van der Waals surface area contributed by atoms with Crippen molar-refractivity contribution in [2.45, 2.75) is 44.4 Å². The molecule has 5 nitrogen and oxygen atoms in total. The lowest BCUT2D eigenvalue weighted by molar-refractivity contribution is -0.137. The normalized spacial score (nSPS) is 16.9. The monoisotopic (exact) mass is 464 g/mol. The fraction of sp³-hybridized carbons (Fsp3) is 0.391. The van der Waals surface area contributed by atoms with Crippen LogP contribution in [0.15, 0.2) is 42.5 Å². The molecule has 0 radical (unpaired) electrons. The summed E-state index contributed by atoms with van der Waals surface area (Å²) >= 11 is 6.02. The number of aromatic amines is 1. The largest absolute Gasteiger partial charge is 0.416 e. The van der Waals surface area contributed by atoms with E-state index in [2.05, 4.69) is 15.3 Å². The zero-order chi connectivity index (χ0) is 22.7. The number of benzene rings is 2. The van der Waals surface area contributed by atoms with Gasteiger partial charge in [0.1, 0.15) is 5.82 Å². The highest BCUT2D eigenvalue weighted by molar-refractivity contribution is 6.31. The van der Waals surface area contributed by atoms with Crippen LogP contribution in [0.1, 0.15) is 36.2 Å². The van der Waals surface area contributed by atoms with Crippen molar-refractivity contribution in [2.24, 2.45) is 0 Å². The number of rotatable bonds is 8. The quantitative estimate of drug-likeness (QED) is 0.464. The van der Waals surface area contributed by atoms with Crippen LogP contribution in [0.5, 0.6) is 0 Å². The molecular formula is C23H24ClF3N4O. The van der Waals surface area contributed by atoms with Crippen LogP contribution in [0.4, 0.5) is 13.2 Å². The fourth-order valence-corrected chi connectivity index (χ4v) is 4.31. The zero-order valence-electron chi connectivity index (χ0n) is 17.4. The second kappa shape index (κ2) is 9.50. The molecule has 1 fully saturated rings. The van der Waals surface area contributed by atoms with Crippen molar-refractivity contribution in [3.8, 4) is 0 Å². The Hall–Kier alpha value is -2.58. The number of nitrogens with zero attached hydrogens (tertiary/aromatic N) is 2. The van der Waals surface area contributed by atoms with Crippen molar-refractivity contribution in [1.29, 1.82) is 0 Å². The Bertz CT molecular complexity index is 1100. The minimum atomic E-state index is -4.34. The number of likely N-dealkylation sites (tertiary alicyclic amines) is 1. The standard InChI is InChI=1S/C23H24ClF3N4O/c24-17-4-6-19-20(13-17)30-21(29-19)9-11-31-18(5-7-22(31)32)8-10-28-14-15-2-1-3-16(12-15)23(25,26)27/h1-4,6,12-13,18,28H,5,7-11,14H2,(H,29,30). The predicted octanol–water partition coefficient (Wildman–Crippen LogP) is 4.95. The lowest BCUT2D eigenvalue weighted by Gasteiger charge is -2.24. The van der Waals surface area contributed by atoms with Crippen LogP contribution in [-0.2, 0) is 23.9 Å². The van der Waals surface area contributed by atoms with Gasteiger partial charge in [0.25, 0.3) is 0 Å². The molecule has 32 heavy (non-hydrogen) atoms. The Morgan fingerprint density at radius 1 is 1.22 bits per heavy atom. The second-order valence-corrected chi connectivity index (χ2v) is 8.47. The molecule has 9 heteroatoms. The molecule has 1 unspecified atom stereocenters. The molecule has 170 valence electrons. The first kappa shape index (κ1) is 22.6. The molecule has 0 bridgehead atoms. The number of H-pyrrole nitrogens is 1. The van der Waals surface area contributed by atoms with Crippen molar-refractivity contribution in [2.75, 3.05) is 13.1 Å². The van der Waals surface area contributed by atoms with E-state index >= 15 is 0 Å². The van der Waals surface area contributed by atoms with E-state index in [0.717, 1.165) is 35.8 Å². The minimum Gasteiger partial charge on any atom is -0.342 e. The van der Waals surface area contributed by atoms with E-state index in [9.17, 15) is 18.0 Å². The maximum atomic E-state index is 12.8. The summed E-state index contributed by atoms with van der Waals surface area (Å²) < 4.78 is 38.5. The average molecular weight is 465 g/mol. The SMILES string of the molecule is O=C1CCC(CCNCc2cccc(C(F)(F)F)c2)N1CCc1nc2ccc(Cl)cc2[nH]1. The fourth-order valence-electron chi connectivity index (χ4n) is 4.14. The number of nitrogens with one attached hydrogen (secondary N) is 2. The maximum absolute atomic E-state index is 12.8. The molecule has 2 N–H and O–H groups in total. The number of carbonyl (C=O) groups is 1. The Labute approximate surface area is 189 Å². The first-order valence-corrected chi connectivity index (χ1v) is 11.0. The van der Waals surface area contributed by atoms with Crippen LogP contribution in [0.3, 0.4) is 0 Å². The van der Waals surface area contributed by atoms with Crippen molar-refractivity contribution >= 4 is 28.5 Å². The highest BCUT2D eigenvalue weighted by atomic mass is 35.5. The minimum absolute atomic E-state index is 0.121. The maximum Gasteiger partial charge on any atom is 0.416 e. The van der Waals surface area contributed by atoms with Gasteiger partial charge in [-0.25, -0.2) is 4.98 Å². The summed E-state index contributed by atoms with van der Waals surface area (Å²) in [5.41, 5.74) is 1.66. The Morgan fingerprint density at radius 2 is 2.06 bits per heavy atom. The molecule has 1 aromatic heterocycles. The third-order valence-electron chi connectivity index (χ3n) is 5.77. The van der Waals surface area contributed by atoms with Gasteiger partial charge in [0, 0.05) is 37.0 Å². The van der Waals surface area contributed by atoms with Gasteiger partial charge < -0.3 is 15.2 Å². The van der Waals surface area contributed by atoms with E-state index in [1.54, 1.807) is 12.1 Å². The average Bonchev–Trinajstić information content (AvgIpc) is 3.31. The van der Waals surface area contributed by atoms with Crippen molar-refractivity contribution in [1.82, 2.24) is 20.2 Å². The number of hydrogen-bond acceptors (Lipinski definition) is 3. The predicted molar refractivity (Wildman–Crippen MR) is 117 cm³/mol. The summed E-state index contributed by atoms with van der Waals surface area (Å²) in [5, 5.41) is 3.84. The van der Waals surface area contributed by atoms with Gasteiger partial charge in [0.15, 0.2) is 0 Å². The van der Waals surface area contributed by atoms with E-state index < -0.39 is 11.7 Å². The first-order valence-electron chi connectivity index (χ1n) is 10.6. The number of imidazole rings is 1. The van der Waals surface area contributed by atoms with Gasteiger partial charge in [-0.1, -0.05) is 29.8 Å². The molecule has 3 aromatic rings. The van der Waals surface area contributed by atoms with Crippen LogP contribution < -0.4 is 5.32 Å². The molecule has 1 aliphatic heterocycles. The molecule has 0 spiro atoms. The van der Waals surface area contributed by atoms with Gasteiger partial charge in [-0.3, -0.25) is 4.79 Å². The van der Waals surface area contributed by atoms with Gasteiger partial charge in [-0.05, 0) is 49.2 Å². The van der Waals surface area contributed by atoms with Gasteiger partial charge >= 0.3 is 6.18 Å². The van der Waals surface area contributed by atoms with Gasteiger partial charge in [-0.2, -0.15) is 13.2 Å². The van der Waals surface area contributed by atoms with E-state index in [4.69, 9.17) is 11.6 Å². The van der Waals surface area contributed by atoms with Crippen LogP contribution in [-0.4, -0.2) is 39.9 Å². The molecule has 1 atom stereocenters. The Kier molecular flexibility index (Phi) is 6.71. The molecule has 1 amide bonds. The van der Waals surface area contributed by atoms with E-state index in [1.165, 1.54) is 12.1 Å². The lowest BCUT2D eigenvalue weighted by atomic mass is 10.1. The molecule has 1 aliphatic rings. The molecule has 4 rings (SSSR count). The topological polar surface area (TPSA) is 61.0 Å². The van der Waals surface area contributed by atoms with Crippen LogP contribution in [0.2, 0.25) is 5.02 Å². The van der Waals surface area contributed by atoms with E-state index in [-0.39, 0.29) is 11.9 Å². The summed E-state index contributed by atoms with van der Waals surface area (Å²) in [5.74, 6) is 0.940. The van der Waals surface area contributed by atoms with Crippen LogP contribution in [0.25, 0.3) is 11.0 Å². The number of aromatic nitrogens is 2. The van der Waals surface area contributed by atoms with E-state index in [0.29, 0.717) is 43.1 Å². The third-order valence-corrected chi connectivity index (χ3v) is 6.01. The van der Waals surface area contributed by atoms with Crippen LogP contribution in [0, 0.1) is 0 Å². The van der Waals surface area contributed by atoms with Crippen molar-refractivity contribution < 1.29 is 18.0 Å². The summed E-state index contributed by atoms with van der Waals surface area (Å²) in [6.07, 6.45) is -1.66. The molecular weight excluding hydrogens is 441 g/mol. The highest BCUT2D eigenvalue weighted by Crippen LogP contribution is 2.29. The Morgan fingerprint density at radius 3 is 2.88 bits per heavy atom. The zero-order valence-corrected chi connectivity index (χ0v) is 18.1. The summed E-state index contributed by atoms with van der Waals surface area (Å²) in [6.45, 7) is 1.55. The smallest absolute Gasteiger partial charge is 0.342 e. The summed E-state index contributed by atoms with van der Waals surface area (Å²) in [6, 6.07) is 10.9. The number of halogens is 4.